The lowest BCUT2D eigenvalue weighted by atomic mass is 9.59. The van der Waals surface area contributed by atoms with Gasteiger partial charge in [0.15, 0.2) is 0 Å². The van der Waals surface area contributed by atoms with Crippen LogP contribution in [0.4, 0.5) is 4.79 Å². The van der Waals surface area contributed by atoms with Crippen LogP contribution in [0.2, 0.25) is 0 Å². The molecule has 0 saturated carbocycles. The molecule has 2 heterocycles. The number of piperidine rings is 1. The van der Waals surface area contributed by atoms with Crippen LogP contribution in [-0.2, 0) is 14.0 Å². The summed E-state index contributed by atoms with van der Waals surface area (Å²) < 4.78 is 17.9. The largest absolute Gasteiger partial charge is 0.485 e. The highest BCUT2D eigenvalue weighted by Crippen LogP contribution is 2.41. The van der Waals surface area contributed by atoms with Gasteiger partial charge >= 0.3 is 13.2 Å². The molecule has 0 unspecified atom stereocenters. The van der Waals surface area contributed by atoms with E-state index in [1.807, 2.05) is 48.5 Å². The minimum absolute atomic E-state index is 0.422. The molecule has 2 fully saturated rings. The van der Waals surface area contributed by atoms with Gasteiger partial charge in [-0.05, 0) is 74.4 Å². The summed E-state index contributed by atoms with van der Waals surface area (Å²) in [6.45, 7) is 15.3. The Kier molecular flexibility index (Phi) is 4.79. The number of alkyl carbamates (subject to hydrolysis) is 1. The minimum Gasteiger partial charge on any atom is -0.444 e. The molecule has 2 saturated heterocycles. The first-order valence-corrected chi connectivity index (χ1v) is 8.44. The Morgan fingerprint density at radius 2 is 1.57 bits per heavy atom. The van der Waals surface area contributed by atoms with E-state index < -0.39 is 35.5 Å². The maximum atomic E-state index is 12.3. The molecular formula is C16H31BN2O4. The summed E-state index contributed by atoms with van der Waals surface area (Å²) in [5.74, 6) is 0. The highest BCUT2D eigenvalue weighted by Gasteiger charge is 2.60. The van der Waals surface area contributed by atoms with Crippen LogP contribution in [0.25, 0.3) is 0 Å². The fraction of sp³-hybridized carbons (Fsp3) is 0.938. The smallest absolute Gasteiger partial charge is 0.444 e. The number of ether oxygens (including phenoxy) is 1. The quantitative estimate of drug-likeness (QED) is 0.762. The minimum atomic E-state index is -0.571. The van der Waals surface area contributed by atoms with Crippen LogP contribution >= 0.6 is 0 Å². The van der Waals surface area contributed by atoms with Crippen LogP contribution in [0, 0.1) is 0 Å². The summed E-state index contributed by atoms with van der Waals surface area (Å²) in [5, 5.41) is 6.38. The van der Waals surface area contributed by atoms with Gasteiger partial charge in [0.05, 0.1) is 16.6 Å². The summed E-state index contributed by atoms with van der Waals surface area (Å²) in [6.07, 6.45) is 1.06. The molecule has 0 aromatic carbocycles. The second-order valence-corrected chi connectivity index (χ2v) is 8.62. The molecule has 2 aliphatic heterocycles. The predicted octanol–water partition coefficient (Wildman–Crippen LogP) is 2.26. The van der Waals surface area contributed by atoms with E-state index in [0.717, 1.165) is 25.9 Å². The number of hydrogen-bond acceptors (Lipinski definition) is 5. The zero-order valence-corrected chi connectivity index (χ0v) is 15.5. The topological polar surface area (TPSA) is 68.8 Å². The molecule has 0 atom stereocenters. The lowest BCUT2D eigenvalue weighted by Crippen LogP contribution is -2.65. The molecule has 2 N–H and O–H groups in total. The molecule has 6 nitrogen and oxygen atoms in total. The fourth-order valence-corrected chi connectivity index (χ4v) is 2.87. The van der Waals surface area contributed by atoms with Gasteiger partial charge < -0.3 is 24.7 Å². The summed E-state index contributed by atoms with van der Waals surface area (Å²) in [6, 6.07) is 0. The third-order valence-corrected chi connectivity index (χ3v) is 4.95. The predicted molar refractivity (Wildman–Crippen MR) is 90.3 cm³/mol. The lowest BCUT2D eigenvalue weighted by Gasteiger charge is -2.39. The van der Waals surface area contributed by atoms with E-state index in [0.29, 0.717) is 0 Å². The van der Waals surface area contributed by atoms with Crippen LogP contribution in [0.15, 0.2) is 0 Å². The van der Waals surface area contributed by atoms with Gasteiger partial charge in [0.1, 0.15) is 5.60 Å². The highest BCUT2D eigenvalue weighted by atomic mass is 16.7. The van der Waals surface area contributed by atoms with E-state index in [4.69, 9.17) is 14.0 Å². The molecular weight excluding hydrogens is 295 g/mol. The van der Waals surface area contributed by atoms with Crippen molar-refractivity contribution in [2.24, 2.45) is 0 Å². The van der Waals surface area contributed by atoms with Crippen LogP contribution < -0.4 is 10.6 Å². The molecule has 0 spiro atoms. The van der Waals surface area contributed by atoms with Crippen molar-refractivity contribution in [1.29, 1.82) is 0 Å². The zero-order valence-electron chi connectivity index (χ0n) is 15.5. The van der Waals surface area contributed by atoms with E-state index in [-0.39, 0.29) is 0 Å². The Morgan fingerprint density at radius 1 is 1.09 bits per heavy atom. The second kappa shape index (κ2) is 5.94. The van der Waals surface area contributed by atoms with Crippen molar-refractivity contribution in [2.45, 2.75) is 83.5 Å². The average molecular weight is 326 g/mol. The highest BCUT2D eigenvalue weighted by molar-refractivity contribution is 6.50. The van der Waals surface area contributed by atoms with Gasteiger partial charge in [-0.25, -0.2) is 4.79 Å². The van der Waals surface area contributed by atoms with E-state index in [2.05, 4.69) is 10.6 Å². The number of rotatable bonds is 2. The Morgan fingerprint density at radius 3 is 2.00 bits per heavy atom. The Hall–Kier alpha value is -0.785. The van der Waals surface area contributed by atoms with Crippen LogP contribution in [0.1, 0.15) is 61.3 Å². The summed E-state index contributed by atoms with van der Waals surface area (Å²) in [7, 11) is -0.484. The first-order chi connectivity index (χ1) is 10.4. The fourth-order valence-electron chi connectivity index (χ4n) is 2.87. The van der Waals surface area contributed by atoms with Crippen LogP contribution in [0.3, 0.4) is 0 Å². The number of nitrogens with one attached hydrogen (secondary N) is 2. The first-order valence-electron chi connectivity index (χ1n) is 8.44. The van der Waals surface area contributed by atoms with E-state index in [9.17, 15) is 4.79 Å². The Bertz CT molecular complexity index is 437. The molecule has 0 radical (unpaired) electrons. The van der Waals surface area contributed by atoms with E-state index in [1.165, 1.54) is 0 Å². The molecule has 2 rings (SSSR count). The molecule has 0 aromatic heterocycles. The summed E-state index contributed by atoms with van der Waals surface area (Å²) >= 11 is 0. The maximum Gasteiger partial charge on any atom is 0.485 e. The first kappa shape index (κ1) is 18.6. The molecule has 132 valence electrons. The van der Waals surface area contributed by atoms with Crippen molar-refractivity contribution in [3.05, 3.63) is 0 Å². The maximum absolute atomic E-state index is 12.3. The van der Waals surface area contributed by atoms with Gasteiger partial charge in [-0.2, -0.15) is 0 Å². The zero-order chi connectivity index (χ0) is 17.5. The molecule has 23 heavy (non-hydrogen) atoms. The van der Waals surface area contributed by atoms with Crippen molar-refractivity contribution >= 4 is 13.2 Å². The van der Waals surface area contributed by atoms with Crippen molar-refractivity contribution in [1.82, 2.24) is 10.6 Å². The second-order valence-electron chi connectivity index (χ2n) is 8.62. The molecule has 0 bridgehead atoms. The van der Waals surface area contributed by atoms with Crippen molar-refractivity contribution in [3.8, 4) is 0 Å². The SMILES string of the molecule is CC(C)(C)OC(=O)NC1(B2OC(C)(C)C(C)(C)O2)CCNCC1. The van der Waals surface area contributed by atoms with Gasteiger partial charge in [0, 0.05) is 0 Å². The number of hydrogen-bond donors (Lipinski definition) is 2. The summed E-state index contributed by atoms with van der Waals surface area (Å²) in [4.78, 5) is 12.3. The van der Waals surface area contributed by atoms with Gasteiger partial charge in [0.25, 0.3) is 0 Å². The number of amides is 1. The lowest BCUT2D eigenvalue weighted by molar-refractivity contribution is 0.00578. The summed E-state index contributed by atoms with van der Waals surface area (Å²) in [5.41, 5.74) is -1.96. The van der Waals surface area contributed by atoms with Crippen molar-refractivity contribution in [2.75, 3.05) is 13.1 Å². The Balaban J connectivity index is 2.19. The molecule has 0 aliphatic carbocycles. The monoisotopic (exact) mass is 326 g/mol. The number of carbonyl (C=O) groups excluding carboxylic acids is 1. The third kappa shape index (κ3) is 4.01. The number of carbonyl (C=O) groups is 1. The van der Waals surface area contributed by atoms with Gasteiger partial charge in [-0.15, -0.1) is 0 Å². The van der Waals surface area contributed by atoms with Gasteiger partial charge in [-0.1, -0.05) is 0 Å². The van der Waals surface area contributed by atoms with Crippen molar-refractivity contribution < 1.29 is 18.8 Å². The van der Waals surface area contributed by atoms with Crippen LogP contribution in [0.5, 0.6) is 0 Å². The average Bonchev–Trinajstić information content (AvgIpc) is 2.57. The normalized spacial score (nSPS) is 26.0. The Labute approximate surface area is 140 Å². The van der Waals surface area contributed by atoms with E-state index in [1.54, 1.807) is 0 Å². The van der Waals surface area contributed by atoms with Gasteiger partial charge in [-0.3, -0.25) is 0 Å². The molecule has 7 heteroatoms. The van der Waals surface area contributed by atoms with Crippen molar-refractivity contribution in [3.63, 3.8) is 0 Å². The van der Waals surface area contributed by atoms with Crippen LogP contribution in [-0.4, -0.2) is 48.5 Å². The molecule has 1 amide bonds. The molecule has 0 aromatic rings. The molecule has 2 aliphatic rings. The standard InChI is InChI=1S/C16H31BN2O4/c1-13(2,3)21-12(20)19-16(8-10-18-11-9-16)17-22-14(4,5)15(6,7)23-17/h18H,8-11H2,1-7H3,(H,19,20). The third-order valence-electron chi connectivity index (χ3n) is 4.95. The van der Waals surface area contributed by atoms with Gasteiger partial charge in [0.2, 0.25) is 0 Å². The van der Waals surface area contributed by atoms with E-state index >= 15 is 0 Å².